The van der Waals surface area contributed by atoms with Crippen molar-refractivity contribution in [2.24, 2.45) is 0 Å². The molecule has 1 heterocycles. The number of hydrogen-bond donors (Lipinski definition) is 0. The summed E-state index contributed by atoms with van der Waals surface area (Å²) in [5, 5.41) is 4.38. The first-order chi connectivity index (χ1) is 6.29. The van der Waals surface area contributed by atoms with Gasteiger partial charge in [-0.3, -0.25) is 0 Å². The Morgan fingerprint density at radius 2 is 2.23 bits per heavy atom. The Kier molecular flexibility index (Phi) is 2.02. The van der Waals surface area contributed by atoms with Crippen molar-refractivity contribution in [3.63, 3.8) is 0 Å². The molecule has 4 heteroatoms. The van der Waals surface area contributed by atoms with Gasteiger partial charge in [0, 0.05) is 5.56 Å². The summed E-state index contributed by atoms with van der Waals surface area (Å²) in [7, 11) is 0. The van der Waals surface area contributed by atoms with E-state index in [2.05, 4.69) is 14.7 Å². The van der Waals surface area contributed by atoms with Crippen LogP contribution in [0.1, 0.15) is 5.56 Å². The third kappa shape index (κ3) is 1.42. The van der Waals surface area contributed by atoms with Crippen LogP contribution in [-0.2, 0) is 0 Å². The largest absolute Gasteiger partial charge is 0.342 e. The van der Waals surface area contributed by atoms with Gasteiger partial charge in [0.1, 0.15) is 0 Å². The number of hydrogen-bond acceptors (Lipinski definition) is 3. The van der Waals surface area contributed by atoms with Gasteiger partial charge in [-0.25, -0.2) is 0 Å². The van der Waals surface area contributed by atoms with Crippen LogP contribution in [0, 0.1) is 6.92 Å². The summed E-state index contributed by atoms with van der Waals surface area (Å²) in [6.07, 6.45) is 1.29. The molecule has 1 aromatic heterocycles. The lowest BCUT2D eigenvalue weighted by atomic mass is 10.1. The summed E-state index contributed by atoms with van der Waals surface area (Å²) >= 11 is 6.00. The molecule has 0 amide bonds. The van der Waals surface area contributed by atoms with Gasteiger partial charge in [0.05, 0.1) is 5.02 Å². The molecule has 0 fully saturated rings. The molecule has 0 bridgehead atoms. The lowest BCUT2D eigenvalue weighted by Gasteiger charge is -2.01. The zero-order valence-corrected chi connectivity index (χ0v) is 7.75. The second-order valence-corrected chi connectivity index (χ2v) is 3.09. The first-order valence-electron chi connectivity index (χ1n) is 3.81. The van der Waals surface area contributed by atoms with Gasteiger partial charge in [-0.1, -0.05) is 28.9 Å². The van der Waals surface area contributed by atoms with Gasteiger partial charge in [0.2, 0.25) is 12.2 Å². The van der Waals surface area contributed by atoms with Crippen LogP contribution >= 0.6 is 11.6 Å². The third-order valence-electron chi connectivity index (χ3n) is 1.81. The maximum Gasteiger partial charge on any atom is 0.214 e. The van der Waals surface area contributed by atoms with Crippen LogP contribution in [0.4, 0.5) is 0 Å². The number of nitrogens with zero attached hydrogens (tertiary/aromatic N) is 2. The van der Waals surface area contributed by atoms with Gasteiger partial charge in [0.25, 0.3) is 0 Å². The molecule has 0 aliphatic rings. The second-order valence-electron chi connectivity index (χ2n) is 2.69. The summed E-state index contributed by atoms with van der Waals surface area (Å²) in [5.41, 5.74) is 1.87. The van der Waals surface area contributed by atoms with E-state index >= 15 is 0 Å². The van der Waals surface area contributed by atoms with Crippen molar-refractivity contribution in [3.8, 4) is 11.4 Å². The lowest BCUT2D eigenvalue weighted by molar-refractivity contribution is 0.418. The predicted molar refractivity (Wildman–Crippen MR) is 49.5 cm³/mol. The molecule has 3 nitrogen and oxygen atoms in total. The molecule has 0 unspecified atom stereocenters. The molecular weight excluding hydrogens is 188 g/mol. The Labute approximate surface area is 80.3 Å². The van der Waals surface area contributed by atoms with Crippen molar-refractivity contribution in [2.45, 2.75) is 6.92 Å². The van der Waals surface area contributed by atoms with Crippen LogP contribution in [0.15, 0.2) is 29.1 Å². The predicted octanol–water partition coefficient (Wildman–Crippen LogP) is 2.70. The van der Waals surface area contributed by atoms with E-state index in [0.717, 1.165) is 11.1 Å². The van der Waals surface area contributed by atoms with E-state index in [0.29, 0.717) is 10.8 Å². The van der Waals surface area contributed by atoms with Gasteiger partial charge < -0.3 is 4.52 Å². The minimum absolute atomic E-state index is 0.531. The summed E-state index contributed by atoms with van der Waals surface area (Å²) in [4.78, 5) is 3.95. The van der Waals surface area contributed by atoms with Crippen LogP contribution in [0.5, 0.6) is 0 Å². The van der Waals surface area contributed by atoms with Crippen LogP contribution in [0.2, 0.25) is 5.02 Å². The van der Waals surface area contributed by atoms with Crippen molar-refractivity contribution in [2.75, 3.05) is 0 Å². The molecule has 2 aromatic rings. The molecule has 0 saturated carbocycles. The number of aryl methyl sites for hydroxylation is 1. The van der Waals surface area contributed by atoms with Crippen LogP contribution in [0.3, 0.4) is 0 Å². The number of aromatic nitrogens is 2. The molecule has 0 saturated heterocycles. The number of halogens is 1. The molecule has 66 valence electrons. The Morgan fingerprint density at radius 3 is 2.85 bits per heavy atom. The first-order valence-corrected chi connectivity index (χ1v) is 4.18. The molecule has 2 rings (SSSR count). The van der Waals surface area contributed by atoms with Crippen LogP contribution in [-0.4, -0.2) is 10.1 Å². The summed E-state index contributed by atoms with van der Waals surface area (Å²) in [6.45, 7) is 1.96. The van der Waals surface area contributed by atoms with Crippen molar-refractivity contribution in [3.05, 3.63) is 35.2 Å². The van der Waals surface area contributed by atoms with E-state index in [9.17, 15) is 0 Å². The highest BCUT2D eigenvalue weighted by molar-refractivity contribution is 6.33. The molecule has 0 radical (unpaired) electrons. The highest BCUT2D eigenvalue weighted by Gasteiger charge is 2.09. The molecule has 1 aromatic carbocycles. The fraction of sp³-hybridized carbons (Fsp3) is 0.111. The van der Waals surface area contributed by atoms with E-state index in [1.807, 2.05) is 19.1 Å². The van der Waals surface area contributed by atoms with Gasteiger partial charge in [-0.05, 0) is 18.6 Å². The van der Waals surface area contributed by atoms with Gasteiger partial charge >= 0.3 is 0 Å². The molecule has 0 spiro atoms. The average Bonchev–Trinajstić information content (AvgIpc) is 2.57. The monoisotopic (exact) mass is 194 g/mol. The van der Waals surface area contributed by atoms with E-state index in [4.69, 9.17) is 11.6 Å². The average molecular weight is 195 g/mol. The molecular formula is C9H7ClN2O. The number of benzene rings is 1. The first kappa shape index (κ1) is 8.26. The molecule has 13 heavy (non-hydrogen) atoms. The molecule has 0 aliphatic carbocycles. The highest BCUT2D eigenvalue weighted by Crippen LogP contribution is 2.27. The molecule has 0 N–H and O–H groups in total. The maximum atomic E-state index is 6.00. The molecule has 0 aliphatic heterocycles. The van der Waals surface area contributed by atoms with Crippen molar-refractivity contribution < 1.29 is 4.52 Å². The highest BCUT2D eigenvalue weighted by atomic mass is 35.5. The topological polar surface area (TPSA) is 38.9 Å². The second kappa shape index (κ2) is 3.18. The van der Waals surface area contributed by atoms with E-state index < -0.39 is 0 Å². The summed E-state index contributed by atoms with van der Waals surface area (Å²) < 4.78 is 4.66. The number of rotatable bonds is 1. The fourth-order valence-corrected chi connectivity index (χ4v) is 1.50. The quantitative estimate of drug-likeness (QED) is 0.701. The summed E-state index contributed by atoms with van der Waals surface area (Å²) in [5.74, 6) is 0.531. The summed E-state index contributed by atoms with van der Waals surface area (Å²) in [6, 6.07) is 5.65. The van der Waals surface area contributed by atoms with Gasteiger partial charge in [0.15, 0.2) is 0 Å². The Hall–Kier alpha value is -1.35. The minimum atomic E-state index is 0.531. The maximum absolute atomic E-state index is 6.00. The lowest BCUT2D eigenvalue weighted by Crippen LogP contribution is -1.86. The fourth-order valence-electron chi connectivity index (χ4n) is 1.20. The minimum Gasteiger partial charge on any atom is -0.342 e. The Morgan fingerprint density at radius 1 is 1.38 bits per heavy atom. The van der Waals surface area contributed by atoms with Crippen molar-refractivity contribution in [1.29, 1.82) is 0 Å². The van der Waals surface area contributed by atoms with Crippen molar-refractivity contribution >= 4 is 11.6 Å². The smallest absolute Gasteiger partial charge is 0.214 e. The third-order valence-corrected chi connectivity index (χ3v) is 2.12. The van der Waals surface area contributed by atoms with Crippen LogP contribution in [0.25, 0.3) is 11.4 Å². The normalized spacial score (nSPS) is 10.3. The molecule has 0 atom stereocenters. The van der Waals surface area contributed by atoms with Gasteiger partial charge in [-0.2, -0.15) is 4.98 Å². The SMILES string of the molecule is Cc1cccc(Cl)c1-c1ncon1. The zero-order valence-electron chi connectivity index (χ0n) is 6.99. The van der Waals surface area contributed by atoms with Crippen molar-refractivity contribution in [1.82, 2.24) is 10.1 Å². The zero-order chi connectivity index (χ0) is 9.26. The van der Waals surface area contributed by atoms with Gasteiger partial charge in [-0.15, -0.1) is 0 Å². The van der Waals surface area contributed by atoms with E-state index in [1.54, 1.807) is 6.07 Å². The van der Waals surface area contributed by atoms with Crippen LogP contribution < -0.4 is 0 Å². The van der Waals surface area contributed by atoms with E-state index in [-0.39, 0.29) is 0 Å². The Balaban J connectivity index is 2.64. The standard InChI is InChI=1S/C9H7ClN2O/c1-6-3-2-4-7(10)8(6)9-11-5-13-12-9/h2-5H,1H3. The Bertz CT molecular complexity index is 391. The van der Waals surface area contributed by atoms with E-state index in [1.165, 1.54) is 6.39 Å².